The molecule has 0 saturated carbocycles. The number of rotatable bonds is 2. The molecule has 2 aromatic carbocycles. The summed E-state index contributed by atoms with van der Waals surface area (Å²) in [6.45, 7) is 6.85. The SMILES string of the molecule is C=C.CN(C(=O)C1(N)CCCN1C)c1ccc(N)c2ccccc12. The Labute approximate surface area is 143 Å². The number of hydrogen-bond acceptors (Lipinski definition) is 4. The quantitative estimate of drug-likeness (QED) is 0.657. The summed E-state index contributed by atoms with van der Waals surface area (Å²) in [7, 11) is 3.68. The molecule has 2 aromatic rings. The molecule has 0 aliphatic carbocycles. The van der Waals surface area contributed by atoms with Crippen molar-refractivity contribution >= 4 is 28.1 Å². The first kappa shape index (κ1) is 18.0. The molecule has 24 heavy (non-hydrogen) atoms. The minimum absolute atomic E-state index is 0.0811. The van der Waals surface area contributed by atoms with Crippen LogP contribution in [0.15, 0.2) is 49.6 Å². The second-order valence-electron chi connectivity index (χ2n) is 6.03. The van der Waals surface area contributed by atoms with Gasteiger partial charge in [-0.05, 0) is 32.0 Å². The fourth-order valence-electron chi connectivity index (χ4n) is 3.25. The molecular formula is C19H26N4O. The van der Waals surface area contributed by atoms with E-state index in [1.165, 1.54) is 0 Å². The van der Waals surface area contributed by atoms with Crippen LogP contribution in [-0.4, -0.2) is 37.1 Å². The maximum atomic E-state index is 12.9. The smallest absolute Gasteiger partial charge is 0.261 e. The summed E-state index contributed by atoms with van der Waals surface area (Å²) in [6, 6.07) is 11.6. The van der Waals surface area contributed by atoms with Gasteiger partial charge >= 0.3 is 0 Å². The van der Waals surface area contributed by atoms with Crippen LogP contribution in [0.4, 0.5) is 11.4 Å². The number of nitrogen functional groups attached to an aromatic ring is 1. The summed E-state index contributed by atoms with van der Waals surface area (Å²) >= 11 is 0. The van der Waals surface area contributed by atoms with Crippen molar-refractivity contribution in [2.75, 3.05) is 31.3 Å². The fourth-order valence-corrected chi connectivity index (χ4v) is 3.25. The number of benzene rings is 2. The lowest BCUT2D eigenvalue weighted by atomic mass is 10.0. The molecule has 1 saturated heterocycles. The zero-order chi connectivity index (χ0) is 17.9. The molecule has 128 valence electrons. The topological polar surface area (TPSA) is 75.6 Å². The van der Waals surface area contributed by atoms with E-state index in [0.29, 0.717) is 12.1 Å². The minimum Gasteiger partial charge on any atom is -0.398 e. The fraction of sp³-hybridized carbons (Fsp3) is 0.316. The Hall–Kier alpha value is -2.37. The summed E-state index contributed by atoms with van der Waals surface area (Å²) in [4.78, 5) is 16.5. The van der Waals surface area contributed by atoms with Gasteiger partial charge in [0.05, 0.1) is 5.69 Å². The first-order chi connectivity index (χ1) is 11.4. The highest BCUT2D eigenvalue weighted by molar-refractivity contribution is 6.09. The maximum Gasteiger partial charge on any atom is 0.261 e. The van der Waals surface area contributed by atoms with E-state index >= 15 is 0 Å². The van der Waals surface area contributed by atoms with Crippen molar-refractivity contribution in [3.05, 3.63) is 49.6 Å². The van der Waals surface area contributed by atoms with Crippen molar-refractivity contribution in [3.63, 3.8) is 0 Å². The van der Waals surface area contributed by atoms with E-state index in [-0.39, 0.29) is 5.91 Å². The van der Waals surface area contributed by atoms with Crippen LogP contribution in [0.3, 0.4) is 0 Å². The molecule has 0 radical (unpaired) electrons. The molecule has 3 rings (SSSR count). The van der Waals surface area contributed by atoms with Gasteiger partial charge in [-0.2, -0.15) is 0 Å². The van der Waals surface area contributed by atoms with E-state index in [1.54, 1.807) is 11.9 Å². The molecule has 0 spiro atoms. The van der Waals surface area contributed by atoms with Gasteiger partial charge in [0.15, 0.2) is 5.66 Å². The Morgan fingerprint density at radius 1 is 1.21 bits per heavy atom. The lowest BCUT2D eigenvalue weighted by Crippen LogP contribution is -2.61. The first-order valence-electron chi connectivity index (χ1n) is 8.00. The highest BCUT2D eigenvalue weighted by Crippen LogP contribution is 2.33. The molecule has 1 fully saturated rings. The second kappa shape index (κ2) is 7.03. The monoisotopic (exact) mass is 326 g/mol. The van der Waals surface area contributed by atoms with Gasteiger partial charge in [0.2, 0.25) is 0 Å². The van der Waals surface area contributed by atoms with Crippen molar-refractivity contribution < 1.29 is 4.79 Å². The summed E-state index contributed by atoms with van der Waals surface area (Å²) in [5.74, 6) is -0.0811. The number of amides is 1. The Morgan fingerprint density at radius 2 is 1.83 bits per heavy atom. The number of hydrogen-bond donors (Lipinski definition) is 2. The molecule has 5 heteroatoms. The normalized spacial score (nSPS) is 20.5. The van der Waals surface area contributed by atoms with Crippen LogP contribution in [0.5, 0.6) is 0 Å². The van der Waals surface area contributed by atoms with Crippen LogP contribution in [0.25, 0.3) is 10.8 Å². The molecule has 1 unspecified atom stereocenters. The van der Waals surface area contributed by atoms with Gasteiger partial charge in [-0.25, -0.2) is 0 Å². The van der Waals surface area contributed by atoms with Crippen LogP contribution in [0.1, 0.15) is 12.8 Å². The number of anilines is 2. The lowest BCUT2D eigenvalue weighted by Gasteiger charge is -2.34. The highest BCUT2D eigenvalue weighted by atomic mass is 16.2. The van der Waals surface area contributed by atoms with Crippen molar-refractivity contribution in [1.29, 1.82) is 0 Å². The zero-order valence-electron chi connectivity index (χ0n) is 14.5. The zero-order valence-corrected chi connectivity index (χ0v) is 14.5. The molecule has 1 atom stereocenters. The molecule has 1 aliphatic heterocycles. The van der Waals surface area contributed by atoms with Gasteiger partial charge in [-0.3, -0.25) is 9.69 Å². The number of carbonyl (C=O) groups excluding carboxylic acids is 1. The number of fused-ring (bicyclic) bond motifs is 1. The summed E-state index contributed by atoms with van der Waals surface area (Å²) in [5.41, 5.74) is 13.0. The van der Waals surface area contributed by atoms with Gasteiger partial charge in [0.1, 0.15) is 0 Å². The highest BCUT2D eigenvalue weighted by Gasteiger charge is 2.43. The van der Waals surface area contributed by atoms with Crippen LogP contribution in [-0.2, 0) is 4.79 Å². The van der Waals surface area contributed by atoms with E-state index in [1.807, 2.05) is 48.3 Å². The van der Waals surface area contributed by atoms with E-state index in [2.05, 4.69) is 13.2 Å². The van der Waals surface area contributed by atoms with Gasteiger partial charge in [0, 0.05) is 30.1 Å². The maximum absolute atomic E-state index is 12.9. The largest absolute Gasteiger partial charge is 0.398 e. The Morgan fingerprint density at radius 3 is 2.42 bits per heavy atom. The number of likely N-dealkylation sites (N-methyl/N-ethyl adjacent to an activating group) is 2. The molecular weight excluding hydrogens is 300 g/mol. The number of nitrogens with zero attached hydrogens (tertiary/aromatic N) is 2. The number of carbonyl (C=O) groups is 1. The molecule has 1 heterocycles. The van der Waals surface area contributed by atoms with Gasteiger partial charge in [-0.1, -0.05) is 24.3 Å². The second-order valence-corrected chi connectivity index (χ2v) is 6.03. The first-order valence-corrected chi connectivity index (χ1v) is 8.00. The molecule has 0 aromatic heterocycles. The van der Waals surface area contributed by atoms with Gasteiger partial charge < -0.3 is 16.4 Å². The molecule has 0 bridgehead atoms. The van der Waals surface area contributed by atoms with Crippen LogP contribution in [0.2, 0.25) is 0 Å². The van der Waals surface area contributed by atoms with Crippen LogP contribution in [0, 0.1) is 0 Å². The third-order valence-corrected chi connectivity index (χ3v) is 4.70. The third-order valence-electron chi connectivity index (χ3n) is 4.70. The molecule has 1 aliphatic rings. The predicted molar refractivity (Wildman–Crippen MR) is 102 cm³/mol. The molecule has 1 amide bonds. The van der Waals surface area contributed by atoms with E-state index < -0.39 is 5.66 Å². The summed E-state index contributed by atoms with van der Waals surface area (Å²) in [6.07, 6.45) is 1.62. The van der Waals surface area contributed by atoms with Crippen molar-refractivity contribution in [1.82, 2.24) is 4.90 Å². The molecule has 5 nitrogen and oxygen atoms in total. The van der Waals surface area contributed by atoms with E-state index in [4.69, 9.17) is 11.5 Å². The Bertz CT molecular complexity index is 745. The van der Waals surface area contributed by atoms with Crippen LogP contribution < -0.4 is 16.4 Å². The standard InChI is InChI=1S/C17H22N4O.C2H4/c1-20-11-5-10-17(20,19)16(22)21(2)15-9-8-14(18)12-6-3-4-7-13(12)15;1-2/h3-4,6-9H,5,10-11,18-19H2,1-2H3;1-2H2. The van der Waals surface area contributed by atoms with Crippen molar-refractivity contribution in [3.8, 4) is 0 Å². The average Bonchev–Trinajstić information content (AvgIpc) is 2.96. The van der Waals surface area contributed by atoms with Crippen molar-refractivity contribution in [2.45, 2.75) is 18.5 Å². The summed E-state index contributed by atoms with van der Waals surface area (Å²) < 4.78 is 0. The predicted octanol–water partition coefficient (Wildman–Crippen LogP) is 2.57. The summed E-state index contributed by atoms with van der Waals surface area (Å²) in [5, 5.41) is 1.91. The Kier molecular flexibility index (Phi) is 5.26. The number of nitrogens with two attached hydrogens (primary N) is 2. The number of likely N-dealkylation sites (tertiary alicyclic amines) is 1. The minimum atomic E-state index is -0.919. The van der Waals surface area contributed by atoms with Crippen LogP contribution >= 0.6 is 0 Å². The van der Waals surface area contributed by atoms with E-state index in [0.717, 1.165) is 29.4 Å². The lowest BCUT2D eigenvalue weighted by molar-refractivity contribution is -0.127. The molecule has 4 N–H and O–H groups in total. The Balaban J connectivity index is 0.00000100. The van der Waals surface area contributed by atoms with E-state index in [9.17, 15) is 4.79 Å². The van der Waals surface area contributed by atoms with Gasteiger partial charge in [-0.15, -0.1) is 13.2 Å². The van der Waals surface area contributed by atoms with Crippen molar-refractivity contribution in [2.24, 2.45) is 5.73 Å². The van der Waals surface area contributed by atoms with Gasteiger partial charge in [0.25, 0.3) is 5.91 Å². The third kappa shape index (κ3) is 2.88. The average molecular weight is 326 g/mol.